The average Bonchev–Trinajstić information content (AvgIpc) is 2.57. The van der Waals surface area contributed by atoms with Crippen LogP contribution < -0.4 is 5.32 Å². The zero-order valence-corrected chi connectivity index (χ0v) is 22.2. The molecule has 1 amide bonds. The Bertz CT molecular complexity index is 598. The summed E-state index contributed by atoms with van der Waals surface area (Å²) < 4.78 is 35.5. The number of nitrogens with one attached hydrogen (secondary N) is 1. The van der Waals surface area contributed by atoms with E-state index in [-0.39, 0.29) is 78.2 Å². The van der Waals surface area contributed by atoms with Crippen LogP contribution in [0, 0.1) is 0 Å². The maximum atomic E-state index is 11.6. The van der Waals surface area contributed by atoms with E-state index in [9.17, 15) is 22.8 Å². The molecule has 1 atom stereocenters. The Morgan fingerprint density at radius 1 is 1.03 bits per heavy atom. The first kappa shape index (κ1) is 33.7. The first-order valence-corrected chi connectivity index (χ1v) is 10.4. The van der Waals surface area contributed by atoms with Crippen LogP contribution in [-0.2, 0) is 29.2 Å². The minimum absolute atomic E-state index is 0. The van der Waals surface area contributed by atoms with E-state index >= 15 is 0 Å². The molecule has 29 heavy (non-hydrogen) atoms. The van der Waals surface area contributed by atoms with Crippen LogP contribution in [0.15, 0.2) is 12.7 Å². The van der Waals surface area contributed by atoms with Crippen LogP contribution in [0.25, 0.3) is 0 Å². The van der Waals surface area contributed by atoms with Crippen molar-refractivity contribution < 1.29 is 37.2 Å². The molecule has 12 heteroatoms. The average molecular weight is 453 g/mol. The number of allylic oxidation sites excluding steroid dienone is 1. The Balaban J connectivity index is -0.00000338. The number of aliphatic carboxylic acids is 1. The molecule has 158 valence electrons. The third-order valence-electron chi connectivity index (χ3n) is 3.71. The van der Waals surface area contributed by atoms with Gasteiger partial charge in [0.1, 0.15) is 6.61 Å². The number of amides is 1. The molecule has 0 aliphatic carbocycles. The summed E-state index contributed by atoms with van der Waals surface area (Å²) in [6.07, 6.45) is 8.32. The molecule has 9 nitrogen and oxygen atoms in total. The predicted octanol–water partition coefficient (Wildman–Crippen LogP) is 0.922. The zero-order chi connectivity index (χ0) is 20.7. The number of rotatable bonds is 16. The molecule has 0 saturated heterocycles. The Labute approximate surface area is 216 Å². The summed E-state index contributed by atoms with van der Waals surface area (Å²) in [6.45, 7) is 3.31. The van der Waals surface area contributed by atoms with E-state index in [1.165, 1.54) is 0 Å². The summed E-state index contributed by atoms with van der Waals surface area (Å²) in [5.74, 6) is -3.15. The number of carboxylic acid groups (broad SMARTS) is 1. The second kappa shape index (κ2) is 20.0. The van der Waals surface area contributed by atoms with Gasteiger partial charge in [-0.05, 0) is 19.3 Å². The topological polar surface area (TPSA) is 147 Å². The summed E-state index contributed by atoms with van der Waals surface area (Å²) >= 11 is 0. The molecule has 0 aromatic heterocycles. The van der Waals surface area contributed by atoms with Gasteiger partial charge in [-0.15, -0.1) is 6.58 Å². The van der Waals surface area contributed by atoms with E-state index in [2.05, 4.69) is 16.6 Å². The first-order chi connectivity index (χ1) is 12.7. The van der Waals surface area contributed by atoms with Crippen LogP contribution >= 0.6 is 0 Å². The summed E-state index contributed by atoms with van der Waals surface area (Å²) in [6, 6.07) is 0. The van der Waals surface area contributed by atoms with Gasteiger partial charge in [-0.3, -0.25) is 18.9 Å². The molecule has 2 radical (unpaired) electrons. The molecule has 0 saturated carbocycles. The van der Waals surface area contributed by atoms with Gasteiger partial charge in [-0.2, -0.15) is 8.42 Å². The quantitative estimate of drug-likeness (QED) is 0.103. The van der Waals surface area contributed by atoms with Crippen molar-refractivity contribution in [2.75, 3.05) is 13.2 Å². The van der Waals surface area contributed by atoms with Crippen molar-refractivity contribution in [3.8, 4) is 0 Å². The van der Waals surface area contributed by atoms with Gasteiger partial charge in [-0.1, -0.05) is 31.8 Å². The molecule has 0 fully saturated rings. The fourth-order valence-electron chi connectivity index (χ4n) is 2.27. The fourth-order valence-corrected chi connectivity index (χ4v) is 2.94. The maximum Gasteiger partial charge on any atom is 0.327 e. The summed E-state index contributed by atoms with van der Waals surface area (Å²) in [5, 5.41) is 8.91. The standard InChI is InChI=1S/C17H29NO8S.2Na/c1-2-3-4-5-6-7-8-9-10-15(19)18-11-12-26-17(22)14(13-16(20)21)27(23,24)25;;/h2,14H,1,3-13H2,(H,18,19)(H,20,21)(H,23,24,25);;. The molecule has 3 N–H and O–H groups in total. The Kier molecular flexibility index (Phi) is 23.2. The number of hydrogen-bond acceptors (Lipinski definition) is 6. The molecule has 0 heterocycles. The fraction of sp³-hybridized carbons (Fsp3) is 0.706. The van der Waals surface area contributed by atoms with Crippen LogP contribution in [0.2, 0.25) is 0 Å². The van der Waals surface area contributed by atoms with Crippen molar-refractivity contribution in [2.24, 2.45) is 0 Å². The van der Waals surface area contributed by atoms with Gasteiger partial charge in [0.2, 0.25) is 5.91 Å². The third kappa shape index (κ3) is 19.8. The van der Waals surface area contributed by atoms with Crippen molar-refractivity contribution in [3.05, 3.63) is 12.7 Å². The van der Waals surface area contributed by atoms with Gasteiger partial charge in [0, 0.05) is 65.5 Å². The van der Waals surface area contributed by atoms with Crippen LogP contribution in [0.5, 0.6) is 0 Å². The maximum absolute atomic E-state index is 11.6. The zero-order valence-electron chi connectivity index (χ0n) is 17.4. The first-order valence-electron chi connectivity index (χ1n) is 8.90. The van der Waals surface area contributed by atoms with E-state index in [4.69, 9.17) is 9.66 Å². The predicted molar refractivity (Wildman–Crippen MR) is 110 cm³/mol. The summed E-state index contributed by atoms with van der Waals surface area (Å²) in [5.41, 5.74) is 0. The molecule has 0 rings (SSSR count). The Morgan fingerprint density at radius 2 is 1.59 bits per heavy atom. The van der Waals surface area contributed by atoms with Gasteiger partial charge in [-0.25, -0.2) is 0 Å². The van der Waals surface area contributed by atoms with Gasteiger partial charge < -0.3 is 15.2 Å². The number of hydrogen-bond donors (Lipinski definition) is 3. The summed E-state index contributed by atoms with van der Waals surface area (Å²) in [4.78, 5) is 33.7. The second-order valence-corrected chi connectivity index (χ2v) is 7.67. The van der Waals surface area contributed by atoms with Gasteiger partial charge >= 0.3 is 11.9 Å². The van der Waals surface area contributed by atoms with Crippen LogP contribution in [-0.4, -0.2) is 113 Å². The van der Waals surface area contributed by atoms with Crippen LogP contribution in [0.3, 0.4) is 0 Å². The molecule has 0 spiro atoms. The van der Waals surface area contributed by atoms with Gasteiger partial charge in [0.15, 0.2) is 5.25 Å². The largest absolute Gasteiger partial charge is 0.481 e. The molecule has 0 aliphatic rings. The Morgan fingerprint density at radius 3 is 2.10 bits per heavy atom. The number of carbonyl (C=O) groups excluding carboxylic acids is 2. The minimum atomic E-state index is -4.89. The minimum Gasteiger partial charge on any atom is -0.481 e. The molecular formula is C17H29NNa2O8S. The van der Waals surface area contributed by atoms with Gasteiger partial charge in [0.05, 0.1) is 13.0 Å². The van der Waals surface area contributed by atoms with E-state index in [1.54, 1.807) is 0 Å². The van der Waals surface area contributed by atoms with E-state index in [0.717, 1.165) is 44.9 Å². The number of ether oxygens (including phenoxy) is 1. The molecule has 0 bridgehead atoms. The smallest absolute Gasteiger partial charge is 0.327 e. The Hall–Kier alpha value is 0.0600. The number of esters is 1. The number of carboxylic acids is 1. The number of carbonyl (C=O) groups is 3. The third-order valence-corrected chi connectivity index (χ3v) is 4.79. The van der Waals surface area contributed by atoms with E-state index in [1.807, 2.05) is 6.08 Å². The molecule has 0 aliphatic heterocycles. The molecular weight excluding hydrogens is 424 g/mol. The normalized spacial score (nSPS) is 11.3. The molecule has 0 aromatic carbocycles. The van der Waals surface area contributed by atoms with Crippen molar-refractivity contribution >= 4 is 87.1 Å². The van der Waals surface area contributed by atoms with Crippen molar-refractivity contribution in [1.29, 1.82) is 0 Å². The summed E-state index contributed by atoms with van der Waals surface area (Å²) in [7, 11) is -4.89. The van der Waals surface area contributed by atoms with E-state index in [0.29, 0.717) is 6.42 Å². The van der Waals surface area contributed by atoms with E-state index < -0.39 is 33.7 Å². The molecule has 1 unspecified atom stereocenters. The number of unbranched alkanes of at least 4 members (excludes halogenated alkanes) is 6. The molecule has 0 aromatic rings. The van der Waals surface area contributed by atoms with Crippen molar-refractivity contribution in [2.45, 2.75) is 63.0 Å². The second-order valence-electron chi connectivity index (χ2n) is 6.07. The van der Waals surface area contributed by atoms with Gasteiger partial charge in [0.25, 0.3) is 10.1 Å². The van der Waals surface area contributed by atoms with Crippen molar-refractivity contribution in [3.63, 3.8) is 0 Å². The monoisotopic (exact) mass is 453 g/mol. The SMILES string of the molecule is C=CCCCCCCCCC(=O)NCCOC(=O)C(CC(=O)O)S(=O)(=O)O.[Na].[Na]. The van der Waals surface area contributed by atoms with Crippen LogP contribution in [0.4, 0.5) is 0 Å². The van der Waals surface area contributed by atoms with Crippen molar-refractivity contribution in [1.82, 2.24) is 5.32 Å². The van der Waals surface area contributed by atoms with Crippen LogP contribution in [0.1, 0.15) is 57.8 Å².